The van der Waals surface area contributed by atoms with Crippen LogP contribution < -0.4 is 4.90 Å². The van der Waals surface area contributed by atoms with Crippen molar-refractivity contribution in [2.75, 3.05) is 11.4 Å². The van der Waals surface area contributed by atoms with Gasteiger partial charge >= 0.3 is 0 Å². The average Bonchev–Trinajstić information content (AvgIpc) is 2.81. The summed E-state index contributed by atoms with van der Waals surface area (Å²) in [5.74, 6) is -0.271. The van der Waals surface area contributed by atoms with Gasteiger partial charge in [0.05, 0.1) is 5.69 Å². The summed E-state index contributed by atoms with van der Waals surface area (Å²) in [6.45, 7) is 0.737. The minimum Gasteiger partial charge on any atom is -0.340 e. The predicted octanol–water partition coefficient (Wildman–Crippen LogP) is 3.99. The Morgan fingerprint density at radius 3 is 2.79 bits per heavy atom. The highest BCUT2D eigenvalue weighted by atomic mass is 35.5. The Morgan fingerprint density at radius 1 is 1.16 bits per heavy atom. The van der Waals surface area contributed by atoms with Crippen molar-refractivity contribution in [3.8, 4) is 0 Å². The Balaban J connectivity index is 2.11. The molecule has 0 spiro atoms. The molecule has 0 aromatic heterocycles. The SMILES string of the molecule is O=Cc1cc(Cl)ccc1N1CCc2ccc(F)cc21. The molecule has 96 valence electrons. The van der Waals surface area contributed by atoms with Gasteiger partial charge in [-0.3, -0.25) is 4.79 Å². The lowest BCUT2D eigenvalue weighted by molar-refractivity contribution is 0.112. The van der Waals surface area contributed by atoms with Gasteiger partial charge in [0.2, 0.25) is 0 Å². The molecule has 2 aromatic carbocycles. The molecule has 0 atom stereocenters. The van der Waals surface area contributed by atoms with Crippen LogP contribution in [0.4, 0.5) is 15.8 Å². The van der Waals surface area contributed by atoms with Gasteiger partial charge in [0, 0.05) is 22.8 Å². The third-order valence-corrected chi connectivity index (χ3v) is 3.59. The van der Waals surface area contributed by atoms with Gasteiger partial charge in [-0.25, -0.2) is 4.39 Å². The molecule has 0 radical (unpaired) electrons. The number of fused-ring (bicyclic) bond motifs is 1. The van der Waals surface area contributed by atoms with E-state index >= 15 is 0 Å². The highest BCUT2D eigenvalue weighted by Crippen LogP contribution is 2.37. The number of rotatable bonds is 2. The predicted molar refractivity (Wildman–Crippen MR) is 73.9 cm³/mol. The van der Waals surface area contributed by atoms with Crippen LogP contribution in [0.2, 0.25) is 5.02 Å². The van der Waals surface area contributed by atoms with E-state index in [2.05, 4.69) is 0 Å². The number of halogens is 2. The first-order valence-corrected chi connectivity index (χ1v) is 6.37. The van der Waals surface area contributed by atoms with Crippen molar-refractivity contribution in [2.24, 2.45) is 0 Å². The maximum absolute atomic E-state index is 13.4. The molecule has 0 fully saturated rings. The fraction of sp³-hybridized carbons (Fsp3) is 0.133. The number of hydrogen-bond donors (Lipinski definition) is 0. The first-order chi connectivity index (χ1) is 9.19. The lowest BCUT2D eigenvalue weighted by Gasteiger charge is -2.21. The molecule has 0 amide bonds. The number of carbonyl (C=O) groups is 1. The summed E-state index contributed by atoms with van der Waals surface area (Å²) in [4.78, 5) is 13.1. The number of hydrogen-bond acceptors (Lipinski definition) is 2. The fourth-order valence-electron chi connectivity index (χ4n) is 2.47. The van der Waals surface area contributed by atoms with Gasteiger partial charge in [-0.15, -0.1) is 0 Å². The first kappa shape index (κ1) is 12.2. The number of benzene rings is 2. The number of carbonyl (C=O) groups excluding carboxylic acids is 1. The van der Waals surface area contributed by atoms with Crippen LogP contribution in [0.25, 0.3) is 0 Å². The maximum atomic E-state index is 13.4. The standard InChI is InChI=1S/C15H11ClFNO/c16-12-2-4-14(11(7-12)9-19)18-6-5-10-1-3-13(17)8-15(10)18/h1-4,7-9H,5-6H2. The van der Waals surface area contributed by atoms with Crippen molar-refractivity contribution >= 4 is 29.3 Å². The van der Waals surface area contributed by atoms with Crippen LogP contribution in [0.15, 0.2) is 36.4 Å². The summed E-state index contributed by atoms with van der Waals surface area (Å²) >= 11 is 5.89. The Labute approximate surface area is 115 Å². The Kier molecular flexibility index (Phi) is 2.99. The lowest BCUT2D eigenvalue weighted by atomic mass is 10.1. The zero-order chi connectivity index (χ0) is 13.4. The topological polar surface area (TPSA) is 20.3 Å². The number of nitrogens with zero attached hydrogens (tertiary/aromatic N) is 1. The highest BCUT2D eigenvalue weighted by Gasteiger charge is 2.22. The second-order valence-corrected chi connectivity index (χ2v) is 4.93. The summed E-state index contributed by atoms with van der Waals surface area (Å²) in [5, 5.41) is 0.518. The van der Waals surface area contributed by atoms with E-state index in [-0.39, 0.29) is 5.82 Å². The molecule has 0 saturated heterocycles. The van der Waals surface area contributed by atoms with Crippen molar-refractivity contribution < 1.29 is 9.18 Å². The van der Waals surface area contributed by atoms with Crippen LogP contribution in [0.5, 0.6) is 0 Å². The van der Waals surface area contributed by atoms with Gasteiger partial charge in [-0.2, -0.15) is 0 Å². The quantitative estimate of drug-likeness (QED) is 0.773. The van der Waals surface area contributed by atoms with E-state index in [1.807, 2.05) is 4.90 Å². The molecule has 3 rings (SSSR count). The molecule has 0 aliphatic carbocycles. The summed E-state index contributed by atoms with van der Waals surface area (Å²) in [5.41, 5.74) is 3.20. The van der Waals surface area contributed by atoms with Crippen molar-refractivity contribution in [1.29, 1.82) is 0 Å². The van der Waals surface area contributed by atoms with Crippen LogP contribution >= 0.6 is 11.6 Å². The molecule has 1 aliphatic rings. The second-order valence-electron chi connectivity index (χ2n) is 4.50. The molecule has 2 aromatic rings. The molecule has 1 aliphatic heterocycles. The second kappa shape index (κ2) is 4.67. The van der Waals surface area contributed by atoms with Gasteiger partial charge in [0.25, 0.3) is 0 Å². The van der Waals surface area contributed by atoms with Gasteiger partial charge in [-0.1, -0.05) is 17.7 Å². The molecular weight excluding hydrogens is 265 g/mol. The van der Waals surface area contributed by atoms with E-state index in [4.69, 9.17) is 11.6 Å². The van der Waals surface area contributed by atoms with E-state index in [0.29, 0.717) is 10.6 Å². The molecule has 4 heteroatoms. The van der Waals surface area contributed by atoms with Crippen LogP contribution in [0.3, 0.4) is 0 Å². The van der Waals surface area contributed by atoms with Crippen LogP contribution in [0.1, 0.15) is 15.9 Å². The summed E-state index contributed by atoms with van der Waals surface area (Å²) in [6.07, 6.45) is 1.62. The van der Waals surface area contributed by atoms with Crippen LogP contribution in [0, 0.1) is 5.82 Å². The van der Waals surface area contributed by atoms with Crippen molar-refractivity contribution in [1.82, 2.24) is 0 Å². The molecule has 0 unspecified atom stereocenters. The fourth-order valence-corrected chi connectivity index (χ4v) is 2.65. The minimum atomic E-state index is -0.271. The van der Waals surface area contributed by atoms with Crippen molar-refractivity contribution in [3.05, 3.63) is 58.4 Å². The Hall–Kier alpha value is -1.87. The zero-order valence-electron chi connectivity index (χ0n) is 10.1. The van der Waals surface area contributed by atoms with E-state index < -0.39 is 0 Å². The highest BCUT2D eigenvalue weighted by molar-refractivity contribution is 6.31. The molecule has 0 bridgehead atoms. The van der Waals surface area contributed by atoms with E-state index in [9.17, 15) is 9.18 Å². The minimum absolute atomic E-state index is 0.271. The van der Waals surface area contributed by atoms with E-state index in [1.165, 1.54) is 12.1 Å². The van der Waals surface area contributed by atoms with Crippen LogP contribution in [-0.2, 0) is 6.42 Å². The molecule has 1 heterocycles. The number of aldehydes is 1. The summed E-state index contributed by atoms with van der Waals surface area (Å²) in [6, 6.07) is 9.92. The zero-order valence-corrected chi connectivity index (χ0v) is 10.8. The van der Waals surface area contributed by atoms with Gasteiger partial charge in [-0.05, 0) is 42.3 Å². The van der Waals surface area contributed by atoms with Crippen molar-refractivity contribution in [3.63, 3.8) is 0 Å². The molecule has 0 N–H and O–H groups in total. The molecule has 19 heavy (non-hydrogen) atoms. The number of anilines is 2. The summed E-state index contributed by atoms with van der Waals surface area (Å²) < 4.78 is 13.4. The lowest BCUT2D eigenvalue weighted by Crippen LogP contribution is -2.15. The maximum Gasteiger partial charge on any atom is 0.152 e. The summed E-state index contributed by atoms with van der Waals surface area (Å²) in [7, 11) is 0. The largest absolute Gasteiger partial charge is 0.340 e. The molecular formula is C15H11ClFNO. The van der Waals surface area contributed by atoms with Crippen LogP contribution in [-0.4, -0.2) is 12.8 Å². The molecule has 0 saturated carbocycles. The van der Waals surface area contributed by atoms with Gasteiger partial charge in [0.15, 0.2) is 6.29 Å². The van der Waals surface area contributed by atoms with Gasteiger partial charge in [0.1, 0.15) is 5.82 Å². The Bertz CT molecular complexity index is 657. The first-order valence-electron chi connectivity index (χ1n) is 6.00. The average molecular weight is 276 g/mol. The smallest absolute Gasteiger partial charge is 0.152 e. The monoisotopic (exact) mass is 275 g/mol. The molecule has 2 nitrogen and oxygen atoms in total. The van der Waals surface area contributed by atoms with Gasteiger partial charge < -0.3 is 4.90 Å². The van der Waals surface area contributed by atoms with E-state index in [0.717, 1.165) is 36.2 Å². The van der Waals surface area contributed by atoms with E-state index in [1.54, 1.807) is 24.3 Å². The Morgan fingerprint density at radius 2 is 2.00 bits per heavy atom. The van der Waals surface area contributed by atoms with Crippen molar-refractivity contribution in [2.45, 2.75) is 6.42 Å². The third kappa shape index (κ3) is 2.10. The normalized spacial score (nSPS) is 13.5. The third-order valence-electron chi connectivity index (χ3n) is 3.35.